The normalized spacial score (nSPS) is 10.9. The first-order valence-corrected chi connectivity index (χ1v) is 8.43. The molecule has 1 atom stereocenters. The minimum absolute atomic E-state index is 0. The Hall–Kier alpha value is 0.630. The van der Waals surface area contributed by atoms with Crippen molar-refractivity contribution in [3.63, 3.8) is 0 Å². The van der Waals surface area contributed by atoms with Gasteiger partial charge in [0.25, 0.3) is 0 Å². The molecule has 0 aromatic rings. The van der Waals surface area contributed by atoms with E-state index in [1.165, 1.54) is 18.5 Å². The van der Waals surface area contributed by atoms with Gasteiger partial charge < -0.3 is 0 Å². The van der Waals surface area contributed by atoms with E-state index >= 15 is 0 Å². The first-order valence-electron chi connectivity index (χ1n) is 5.32. The van der Waals surface area contributed by atoms with Gasteiger partial charge in [0.1, 0.15) is 0 Å². The first-order chi connectivity index (χ1) is 7.38. The van der Waals surface area contributed by atoms with Gasteiger partial charge in [0.2, 0.25) is 0 Å². The van der Waals surface area contributed by atoms with Crippen molar-refractivity contribution < 1.29 is 42.2 Å². The molecule has 0 aromatic carbocycles. The fraction of sp³-hybridized carbons (Fsp3) is 0.800. The predicted molar refractivity (Wildman–Crippen MR) is 69.3 cm³/mol. The van der Waals surface area contributed by atoms with E-state index in [9.17, 15) is 9.59 Å². The molecule has 0 fully saturated rings. The van der Waals surface area contributed by atoms with E-state index in [-0.39, 0.29) is 36.7 Å². The van der Waals surface area contributed by atoms with Gasteiger partial charge in [0.05, 0.1) is 18.5 Å². The average molecular weight is 512 g/mol. The van der Waals surface area contributed by atoms with Gasteiger partial charge in [0.15, 0.2) is 0 Å². The molecule has 2 N–H and O–H groups in total. The van der Waals surface area contributed by atoms with Gasteiger partial charge in [-0.25, -0.2) is 0 Å². The topological polar surface area (TPSA) is 74.6 Å². The van der Waals surface area contributed by atoms with Crippen molar-refractivity contribution >= 4 is 35.9 Å². The third-order valence-electron chi connectivity index (χ3n) is 2.14. The largest absolute Gasteiger partial charge is 0 e. The maximum Gasteiger partial charge on any atom is 0 e. The molecule has 0 aliphatic heterocycles. The molecular formula is C10H21AuO4PSe+. The average Bonchev–Trinajstić information content (AvgIpc) is 2.20. The monoisotopic (exact) mass is 513 g/mol. The summed E-state index contributed by atoms with van der Waals surface area (Å²) in [5, 5.41) is 16.2. The fourth-order valence-corrected chi connectivity index (χ4v) is 2.80. The van der Waals surface area contributed by atoms with Crippen LogP contribution < -0.4 is 0 Å². The minimum Gasteiger partial charge on any atom is 0 e. The molecule has 4 nitrogen and oxygen atoms in total. The van der Waals surface area contributed by atoms with Crippen molar-refractivity contribution in [1.29, 1.82) is 0 Å². The van der Waals surface area contributed by atoms with Gasteiger partial charge in [-0.3, -0.25) is 0 Å². The molecule has 106 valence electrons. The second-order valence-electron chi connectivity index (χ2n) is 3.24. The fourth-order valence-electron chi connectivity index (χ4n) is 0.996. The van der Waals surface area contributed by atoms with Gasteiger partial charge in [-0.05, 0) is 28.7 Å². The Labute approximate surface area is 128 Å². The van der Waals surface area contributed by atoms with Crippen molar-refractivity contribution in [2.45, 2.75) is 32.0 Å². The van der Waals surface area contributed by atoms with E-state index in [0.29, 0.717) is 0 Å². The zero-order chi connectivity index (χ0) is 13.1. The number of carboxylic acids is 2. The van der Waals surface area contributed by atoms with Gasteiger partial charge >= 0.3 is 59.0 Å². The van der Waals surface area contributed by atoms with Crippen molar-refractivity contribution in [2.75, 3.05) is 18.5 Å². The summed E-state index contributed by atoms with van der Waals surface area (Å²) in [6.45, 7) is 6.92. The van der Waals surface area contributed by atoms with Crippen molar-refractivity contribution in [1.82, 2.24) is 0 Å². The quantitative estimate of drug-likeness (QED) is 0.421. The van der Waals surface area contributed by atoms with E-state index in [4.69, 9.17) is 10.2 Å². The van der Waals surface area contributed by atoms with Crippen LogP contribution in [0.5, 0.6) is 0 Å². The summed E-state index contributed by atoms with van der Waals surface area (Å²) in [5.41, 5.74) is 0. The maximum atomic E-state index is 9.94. The number of carboxylic acid groups (broad SMARTS) is 2. The molecule has 1 unspecified atom stereocenters. The summed E-state index contributed by atoms with van der Waals surface area (Å²) < 4.78 is 0. The summed E-state index contributed by atoms with van der Waals surface area (Å²) in [7, 11) is 0.137. The Bertz CT molecular complexity index is 207. The van der Waals surface area contributed by atoms with E-state index in [1.54, 1.807) is 0 Å². The molecule has 0 saturated carbocycles. The van der Waals surface area contributed by atoms with Crippen LogP contribution in [0.4, 0.5) is 0 Å². The van der Waals surface area contributed by atoms with Crippen LogP contribution in [-0.4, -0.2) is 56.7 Å². The van der Waals surface area contributed by atoms with Crippen molar-refractivity contribution in [3.8, 4) is 0 Å². The molecule has 0 heterocycles. The Balaban J connectivity index is -0.000000224. The summed E-state index contributed by atoms with van der Waals surface area (Å²) in [6.07, 6.45) is 4.00. The van der Waals surface area contributed by atoms with Crippen LogP contribution in [0.15, 0.2) is 0 Å². The first kappa shape index (κ1) is 22.8. The Morgan fingerprint density at radius 3 is 1.53 bits per heavy atom. The molecule has 0 aliphatic rings. The van der Waals surface area contributed by atoms with Gasteiger partial charge in [0, 0.05) is 22.4 Å². The smallest absolute Gasteiger partial charge is 0 e. The van der Waals surface area contributed by atoms with Crippen LogP contribution in [0.1, 0.15) is 27.2 Å². The molecule has 17 heavy (non-hydrogen) atoms. The van der Waals surface area contributed by atoms with Crippen LogP contribution >= 0.6 is 7.92 Å². The summed E-state index contributed by atoms with van der Waals surface area (Å²) in [4.78, 5) is 18.9. The number of carbonyl (C=O) groups is 2. The van der Waals surface area contributed by atoms with Gasteiger partial charge in [-0.1, -0.05) is 0 Å². The summed E-state index contributed by atoms with van der Waals surface area (Å²) in [6, 6.07) is 0. The molecule has 0 spiro atoms. The SMILES string of the molecule is CC[PH+](CC)CC.O=C(O)CC([Se])C(=O)O.[Au]. The number of hydrogen-bond acceptors (Lipinski definition) is 2. The van der Waals surface area contributed by atoms with Gasteiger partial charge in [-0.2, -0.15) is 0 Å². The van der Waals surface area contributed by atoms with E-state index in [1.807, 2.05) is 0 Å². The number of rotatable bonds is 6. The molecule has 0 aromatic heterocycles. The second-order valence-corrected chi connectivity index (χ2v) is 8.05. The van der Waals surface area contributed by atoms with Crippen molar-refractivity contribution in [2.24, 2.45) is 0 Å². The van der Waals surface area contributed by atoms with Crippen LogP contribution in [0.25, 0.3) is 0 Å². The molecule has 0 amide bonds. The Kier molecular flexibility index (Phi) is 19.7. The van der Waals surface area contributed by atoms with Crippen LogP contribution in [0.2, 0.25) is 4.82 Å². The summed E-state index contributed by atoms with van der Waals surface area (Å²) in [5.74, 6) is -2.24. The maximum absolute atomic E-state index is 9.94. The second kappa shape index (κ2) is 14.7. The Morgan fingerprint density at radius 2 is 1.47 bits per heavy atom. The molecule has 0 bridgehead atoms. The van der Waals surface area contributed by atoms with Crippen LogP contribution in [-0.2, 0) is 32.0 Å². The van der Waals surface area contributed by atoms with E-state index < -0.39 is 16.8 Å². The molecule has 2 radical (unpaired) electrons. The third kappa shape index (κ3) is 16.6. The van der Waals surface area contributed by atoms with E-state index in [2.05, 4.69) is 36.8 Å². The summed E-state index contributed by atoms with van der Waals surface area (Å²) >= 11 is 2.23. The van der Waals surface area contributed by atoms with Crippen LogP contribution in [0, 0.1) is 0 Å². The predicted octanol–water partition coefficient (Wildman–Crippen LogP) is 1.76. The molecule has 0 saturated heterocycles. The Morgan fingerprint density at radius 1 is 1.12 bits per heavy atom. The van der Waals surface area contributed by atoms with E-state index in [0.717, 1.165) is 0 Å². The number of hydrogen-bond donors (Lipinski definition) is 2. The third-order valence-corrected chi connectivity index (χ3v) is 5.91. The standard InChI is InChI=1S/C6H15P.C4H5O4Se.Au/c1-4-7(5-2)6-3;5-3(6)1-2(9)4(7)8;/h4-6H2,1-3H3;2H,1H2,(H,5,6)(H,7,8);/p+1. The molecule has 0 aliphatic carbocycles. The zero-order valence-electron chi connectivity index (χ0n) is 10.3. The molecule has 0 rings (SSSR count). The molecule has 7 heteroatoms. The zero-order valence-corrected chi connectivity index (χ0v) is 15.2. The minimum atomic E-state index is -1.13. The molecular weight excluding hydrogens is 491 g/mol. The number of aliphatic carboxylic acids is 2. The van der Waals surface area contributed by atoms with Crippen molar-refractivity contribution in [3.05, 3.63) is 0 Å². The van der Waals surface area contributed by atoms with Gasteiger partial charge in [-0.15, -0.1) is 0 Å². The van der Waals surface area contributed by atoms with Crippen LogP contribution in [0.3, 0.4) is 0 Å².